The second-order valence-electron chi connectivity index (χ2n) is 5.76. The summed E-state index contributed by atoms with van der Waals surface area (Å²) in [4.78, 5) is 8.36. The van der Waals surface area contributed by atoms with E-state index in [1.807, 2.05) is 13.8 Å². The van der Waals surface area contributed by atoms with Gasteiger partial charge in [0.15, 0.2) is 0 Å². The van der Waals surface area contributed by atoms with Crippen LogP contribution in [0.25, 0.3) is 11.4 Å². The van der Waals surface area contributed by atoms with Crippen molar-refractivity contribution in [3.63, 3.8) is 0 Å². The van der Waals surface area contributed by atoms with Crippen molar-refractivity contribution < 1.29 is 17.9 Å². The monoisotopic (exact) mass is 393 g/mol. The topological polar surface area (TPSA) is 102 Å². The summed E-state index contributed by atoms with van der Waals surface area (Å²) in [6.45, 7) is 0.999. The van der Waals surface area contributed by atoms with E-state index in [1.54, 1.807) is 0 Å². The molecule has 0 aliphatic heterocycles. The van der Waals surface area contributed by atoms with Gasteiger partial charge in [0.05, 0.1) is 11.1 Å². The SMILES string of the molecule is CC.Fc1cc(OC(F)F)ccc1C1(Nc2ncc(-c3nn[nH]n3)cn2)CC1. The predicted molar refractivity (Wildman–Crippen MR) is 94.1 cm³/mol. The van der Waals surface area contributed by atoms with Gasteiger partial charge in [-0.2, -0.15) is 14.0 Å². The fourth-order valence-corrected chi connectivity index (χ4v) is 2.65. The third kappa shape index (κ3) is 4.18. The fourth-order valence-electron chi connectivity index (χ4n) is 2.65. The smallest absolute Gasteiger partial charge is 0.387 e. The van der Waals surface area contributed by atoms with Crippen molar-refractivity contribution in [1.82, 2.24) is 30.6 Å². The molecule has 0 atom stereocenters. The highest BCUT2D eigenvalue weighted by Gasteiger charge is 2.47. The number of aromatic nitrogens is 6. The van der Waals surface area contributed by atoms with Crippen molar-refractivity contribution in [3.8, 4) is 17.1 Å². The minimum Gasteiger partial charge on any atom is -0.435 e. The van der Waals surface area contributed by atoms with Crippen molar-refractivity contribution in [2.45, 2.75) is 38.8 Å². The van der Waals surface area contributed by atoms with Crippen molar-refractivity contribution in [1.29, 1.82) is 0 Å². The largest absolute Gasteiger partial charge is 0.435 e. The lowest BCUT2D eigenvalue weighted by Crippen LogP contribution is -2.22. The van der Waals surface area contributed by atoms with Gasteiger partial charge in [0.2, 0.25) is 11.8 Å². The van der Waals surface area contributed by atoms with Gasteiger partial charge in [-0.15, -0.1) is 10.2 Å². The van der Waals surface area contributed by atoms with E-state index in [0.717, 1.165) is 6.07 Å². The second-order valence-corrected chi connectivity index (χ2v) is 5.76. The Bertz CT molecular complexity index is 900. The van der Waals surface area contributed by atoms with E-state index in [1.165, 1.54) is 24.5 Å². The van der Waals surface area contributed by atoms with Crippen LogP contribution in [0.3, 0.4) is 0 Å². The van der Waals surface area contributed by atoms with Gasteiger partial charge in [-0.1, -0.05) is 19.9 Å². The molecule has 1 fully saturated rings. The summed E-state index contributed by atoms with van der Waals surface area (Å²) in [5.41, 5.74) is 0.264. The van der Waals surface area contributed by atoms with Crippen LogP contribution in [0.4, 0.5) is 19.1 Å². The lowest BCUT2D eigenvalue weighted by molar-refractivity contribution is -0.0500. The summed E-state index contributed by atoms with van der Waals surface area (Å²) in [5.74, 6) is -0.185. The first-order valence-corrected chi connectivity index (χ1v) is 8.65. The summed E-state index contributed by atoms with van der Waals surface area (Å²) in [5, 5.41) is 16.6. The number of rotatable bonds is 6. The number of tetrazole rings is 1. The minimum atomic E-state index is -3.00. The average Bonchev–Trinajstić information content (AvgIpc) is 3.24. The lowest BCUT2D eigenvalue weighted by atomic mass is 10.0. The molecule has 0 bridgehead atoms. The first-order valence-electron chi connectivity index (χ1n) is 8.65. The molecule has 0 amide bonds. The van der Waals surface area contributed by atoms with Crippen LogP contribution in [0.15, 0.2) is 30.6 Å². The number of anilines is 1. The predicted octanol–water partition coefficient (Wildman–Crippen LogP) is 3.52. The second kappa shape index (κ2) is 8.19. The lowest BCUT2D eigenvalue weighted by Gasteiger charge is -2.19. The molecule has 148 valence electrons. The van der Waals surface area contributed by atoms with Crippen molar-refractivity contribution in [2.24, 2.45) is 0 Å². The van der Waals surface area contributed by atoms with Crippen LogP contribution >= 0.6 is 0 Å². The van der Waals surface area contributed by atoms with Crippen LogP contribution in [-0.2, 0) is 5.54 Å². The fraction of sp³-hybridized carbons (Fsp3) is 0.353. The van der Waals surface area contributed by atoms with E-state index in [4.69, 9.17) is 0 Å². The molecule has 11 heteroatoms. The Morgan fingerprint density at radius 2 is 1.89 bits per heavy atom. The van der Waals surface area contributed by atoms with Crippen LogP contribution in [0.1, 0.15) is 32.3 Å². The molecule has 0 radical (unpaired) electrons. The summed E-state index contributed by atoms with van der Waals surface area (Å²) in [6, 6.07) is 3.69. The molecule has 4 rings (SSSR count). The molecule has 2 heterocycles. The first-order chi connectivity index (χ1) is 13.6. The zero-order valence-corrected chi connectivity index (χ0v) is 15.2. The molecular weight excluding hydrogens is 375 g/mol. The van der Waals surface area contributed by atoms with Gasteiger partial charge in [0.25, 0.3) is 0 Å². The highest BCUT2D eigenvalue weighted by atomic mass is 19.3. The third-order valence-corrected chi connectivity index (χ3v) is 4.04. The Hall–Kier alpha value is -3.24. The maximum absolute atomic E-state index is 14.4. The van der Waals surface area contributed by atoms with E-state index >= 15 is 0 Å². The molecule has 1 saturated carbocycles. The van der Waals surface area contributed by atoms with Gasteiger partial charge >= 0.3 is 6.61 Å². The third-order valence-electron chi connectivity index (χ3n) is 4.04. The maximum Gasteiger partial charge on any atom is 0.387 e. The molecule has 1 aliphatic carbocycles. The van der Waals surface area contributed by atoms with E-state index in [9.17, 15) is 13.2 Å². The van der Waals surface area contributed by atoms with Crippen LogP contribution in [0.2, 0.25) is 0 Å². The van der Waals surface area contributed by atoms with Crippen molar-refractivity contribution in [3.05, 3.63) is 42.0 Å². The highest BCUT2D eigenvalue weighted by Crippen LogP contribution is 2.49. The summed E-state index contributed by atoms with van der Waals surface area (Å²) in [6.07, 6.45) is 4.36. The molecule has 8 nitrogen and oxygen atoms in total. The zero-order chi connectivity index (χ0) is 20.1. The normalized spacial score (nSPS) is 14.2. The number of aromatic amines is 1. The molecule has 2 N–H and O–H groups in total. The van der Waals surface area contributed by atoms with Crippen LogP contribution in [0.5, 0.6) is 5.75 Å². The van der Waals surface area contributed by atoms with Gasteiger partial charge in [0, 0.05) is 24.0 Å². The van der Waals surface area contributed by atoms with E-state index in [-0.39, 0.29) is 5.75 Å². The summed E-state index contributed by atoms with van der Waals surface area (Å²) in [7, 11) is 0. The summed E-state index contributed by atoms with van der Waals surface area (Å²) >= 11 is 0. The highest BCUT2D eigenvalue weighted by molar-refractivity contribution is 5.52. The first kappa shape index (κ1) is 19.5. The Morgan fingerprint density at radius 3 is 2.43 bits per heavy atom. The molecule has 0 unspecified atom stereocenters. The maximum atomic E-state index is 14.4. The molecule has 0 saturated heterocycles. The quantitative estimate of drug-likeness (QED) is 0.661. The van der Waals surface area contributed by atoms with Gasteiger partial charge in [0.1, 0.15) is 11.6 Å². The molecule has 3 aromatic rings. The number of alkyl halides is 2. The van der Waals surface area contributed by atoms with Gasteiger partial charge in [-0.05, 0) is 24.1 Å². The number of hydrogen-bond acceptors (Lipinski definition) is 7. The molecule has 1 aromatic carbocycles. The van der Waals surface area contributed by atoms with Crippen LogP contribution in [-0.4, -0.2) is 37.2 Å². The number of nitrogens with zero attached hydrogens (tertiary/aromatic N) is 5. The van der Waals surface area contributed by atoms with Crippen LogP contribution < -0.4 is 10.1 Å². The zero-order valence-electron chi connectivity index (χ0n) is 15.2. The van der Waals surface area contributed by atoms with Gasteiger partial charge < -0.3 is 10.1 Å². The molecule has 2 aromatic heterocycles. The van der Waals surface area contributed by atoms with E-state index < -0.39 is 18.0 Å². The Morgan fingerprint density at radius 1 is 1.18 bits per heavy atom. The standard InChI is InChI=1S/C15H12F3N7O.C2H6/c16-11-5-9(26-13(17)18)1-2-10(11)15(3-4-15)21-14-19-6-8(7-20-14)12-22-24-25-23-12;1-2/h1-2,5-7,13H,3-4H2,(H,19,20,21)(H,22,23,24,25);1-2H3. The molecule has 28 heavy (non-hydrogen) atoms. The number of ether oxygens (including phenoxy) is 1. The molecule has 1 aliphatic rings. The number of H-pyrrole nitrogens is 1. The summed E-state index contributed by atoms with van der Waals surface area (Å²) < 4.78 is 43.0. The average molecular weight is 393 g/mol. The number of hydrogen-bond donors (Lipinski definition) is 2. The number of halogens is 3. The van der Waals surface area contributed by atoms with Crippen molar-refractivity contribution >= 4 is 5.95 Å². The Labute approximate surface area is 158 Å². The Kier molecular flexibility index (Phi) is 5.71. The van der Waals surface area contributed by atoms with Crippen molar-refractivity contribution in [2.75, 3.05) is 5.32 Å². The molecule has 0 spiro atoms. The minimum absolute atomic E-state index is 0.224. The number of benzene rings is 1. The Balaban J connectivity index is 0.00000109. The number of nitrogens with one attached hydrogen (secondary N) is 2. The van der Waals surface area contributed by atoms with E-state index in [0.29, 0.717) is 35.7 Å². The van der Waals surface area contributed by atoms with Crippen LogP contribution in [0, 0.1) is 5.82 Å². The molecular formula is C17H18F3N7O. The van der Waals surface area contributed by atoms with E-state index in [2.05, 4.69) is 40.6 Å². The van der Waals surface area contributed by atoms with Gasteiger partial charge in [-0.3, -0.25) is 0 Å². The van der Waals surface area contributed by atoms with Gasteiger partial charge in [-0.25, -0.2) is 14.4 Å².